The van der Waals surface area contributed by atoms with Gasteiger partial charge in [-0.3, -0.25) is 0 Å². The fraction of sp³-hybridized carbons (Fsp3) is 0.286. The van der Waals surface area contributed by atoms with Crippen molar-refractivity contribution in [3.63, 3.8) is 0 Å². The highest BCUT2D eigenvalue weighted by Crippen LogP contribution is 1.98. The molecule has 1 aliphatic carbocycles. The Morgan fingerprint density at radius 1 is 1.69 bits per heavy atom. The van der Waals surface area contributed by atoms with Gasteiger partial charge < -0.3 is 11.0 Å². The number of hydroxylamine groups is 3. The zero-order valence-corrected chi connectivity index (χ0v) is 7.01. The molecule has 1 aliphatic rings. The molecule has 13 heavy (non-hydrogen) atoms. The summed E-state index contributed by atoms with van der Waals surface area (Å²) < 4.78 is 0. The molecule has 1 rings (SSSR count). The molecule has 6 nitrogen and oxygen atoms in total. The van der Waals surface area contributed by atoms with E-state index in [9.17, 15) is 5.21 Å². The van der Waals surface area contributed by atoms with Crippen molar-refractivity contribution in [1.82, 2.24) is 5.48 Å². The molecule has 0 amide bonds. The van der Waals surface area contributed by atoms with Gasteiger partial charge in [0.25, 0.3) is 0 Å². The molecule has 0 radical (unpaired) electrons. The number of nitrogens with one attached hydrogen (secondary N) is 2. The van der Waals surface area contributed by atoms with Gasteiger partial charge in [0.05, 0.1) is 0 Å². The summed E-state index contributed by atoms with van der Waals surface area (Å²) in [5, 5.41) is 14.0. The normalized spacial score (nSPS) is 23.6. The van der Waals surface area contributed by atoms with Crippen molar-refractivity contribution < 1.29 is 10.2 Å². The Balaban J connectivity index is 2.26. The molecule has 0 saturated carbocycles. The van der Waals surface area contributed by atoms with Crippen molar-refractivity contribution in [2.45, 2.75) is 12.5 Å². The summed E-state index contributed by atoms with van der Waals surface area (Å²) in [4.78, 5) is 4.62. The number of rotatable bonds is 4. The smallest absolute Gasteiger partial charge is 0.141 e. The van der Waals surface area contributed by atoms with E-state index in [2.05, 4.69) is 15.5 Å². The quantitative estimate of drug-likeness (QED) is 0.217. The van der Waals surface area contributed by atoms with Crippen LogP contribution in [0.5, 0.6) is 0 Å². The second-order valence-electron chi connectivity index (χ2n) is 2.47. The first-order chi connectivity index (χ1) is 6.34. The fourth-order valence-electron chi connectivity index (χ4n) is 0.946. The second-order valence-corrected chi connectivity index (χ2v) is 2.47. The lowest BCUT2D eigenvalue weighted by molar-refractivity contribution is -1.07. The minimum atomic E-state index is -0.347. The average Bonchev–Trinajstić information content (AvgIpc) is 2.19. The van der Waals surface area contributed by atoms with Crippen LogP contribution in [0.15, 0.2) is 29.4 Å². The van der Waals surface area contributed by atoms with Crippen LogP contribution in [0, 0.1) is 5.21 Å². The maximum Gasteiger partial charge on any atom is 0.141 e. The lowest BCUT2D eigenvalue weighted by atomic mass is 10.1. The summed E-state index contributed by atoms with van der Waals surface area (Å²) in [7, 11) is 0. The van der Waals surface area contributed by atoms with Crippen LogP contribution in [0.2, 0.25) is 0 Å². The van der Waals surface area contributed by atoms with E-state index in [1.807, 2.05) is 18.2 Å². The first kappa shape index (κ1) is 9.72. The number of hydrazone groups is 1. The van der Waals surface area contributed by atoms with E-state index in [4.69, 9.17) is 5.84 Å². The van der Waals surface area contributed by atoms with Crippen LogP contribution >= 0.6 is 0 Å². The molecule has 0 bridgehead atoms. The molecule has 0 fully saturated rings. The van der Waals surface area contributed by atoms with Gasteiger partial charge in [-0.1, -0.05) is 23.2 Å². The van der Waals surface area contributed by atoms with E-state index >= 15 is 0 Å². The van der Waals surface area contributed by atoms with Crippen LogP contribution in [-0.2, 0) is 4.94 Å². The lowest BCUT2D eigenvalue weighted by Gasteiger charge is -2.25. The Bertz CT molecular complexity index is 227. The van der Waals surface area contributed by atoms with E-state index in [1.54, 1.807) is 6.08 Å². The van der Waals surface area contributed by atoms with Crippen molar-refractivity contribution in [2.75, 3.05) is 0 Å². The topological polar surface area (TPSA) is 87.1 Å². The minimum absolute atomic E-state index is 0.219. The molecule has 0 saturated heterocycles. The SMILES string of the molecule is N/N=C/NO[NH+]([O-])C1C=CC=CC1. The molecule has 4 N–H and O–H groups in total. The van der Waals surface area contributed by atoms with Gasteiger partial charge in [-0.15, -0.1) is 0 Å². The fourth-order valence-corrected chi connectivity index (χ4v) is 0.946. The Kier molecular flexibility index (Phi) is 3.97. The van der Waals surface area contributed by atoms with Crippen LogP contribution in [0.25, 0.3) is 0 Å². The van der Waals surface area contributed by atoms with E-state index in [0.717, 1.165) is 6.34 Å². The first-order valence-electron chi connectivity index (χ1n) is 3.86. The molecule has 0 aromatic rings. The highest BCUT2D eigenvalue weighted by Gasteiger charge is 2.13. The molecule has 0 aromatic heterocycles. The van der Waals surface area contributed by atoms with Crippen LogP contribution in [0.1, 0.15) is 6.42 Å². The maximum absolute atomic E-state index is 11.2. The molecule has 6 heteroatoms. The van der Waals surface area contributed by atoms with E-state index in [1.165, 1.54) is 0 Å². The Hall–Kier alpha value is -1.37. The number of allylic oxidation sites excluding steroid dienone is 2. The minimum Gasteiger partial charge on any atom is -0.597 e. The van der Waals surface area contributed by atoms with E-state index < -0.39 is 0 Å². The number of hydrogen-bond acceptors (Lipinski definition) is 4. The number of nitrogens with zero attached hydrogens (tertiary/aromatic N) is 1. The third kappa shape index (κ3) is 3.24. The zero-order valence-electron chi connectivity index (χ0n) is 7.01. The maximum atomic E-state index is 11.2. The zero-order chi connectivity index (χ0) is 9.52. The monoisotopic (exact) mass is 184 g/mol. The Morgan fingerprint density at radius 2 is 2.54 bits per heavy atom. The van der Waals surface area contributed by atoms with Crippen molar-refractivity contribution in [2.24, 2.45) is 10.9 Å². The number of hydrogen-bond donors (Lipinski definition) is 3. The Morgan fingerprint density at radius 3 is 3.15 bits per heavy atom. The summed E-state index contributed by atoms with van der Waals surface area (Å²) in [5.74, 6) is 4.78. The average molecular weight is 184 g/mol. The van der Waals surface area contributed by atoms with Gasteiger partial charge in [0, 0.05) is 6.42 Å². The second kappa shape index (κ2) is 5.31. The van der Waals surface area contributed by atoms with Crippen LogP contribution in [0.4, 0.5) is 0 Å². The molecule has 0 spiro atoms. The van der Waals surface area contributed by atoms with Crippen molar-refractivity contribution >= 4 is 6.34 Å². The van der Waals surface area contributed by atoms with Gasteiger partial charge in [0.15, 0.2) is 0 Å². The van der Waals surface area contributed by atoms with Gasteiger partial charge in [0.1, 0.15) is 12.4 Å². The van der Waals surface area contributed by atoms with E-state index in [0.29, 0.717) is 6.42 Å². The van der Waals surface area contributed by atoms with Crippen LogP contribution in [0.3, 0.4) is 0 Å². The predicted molar refractivity (Wildman–Crippen MR) is 47.9 cm³/mol. The van der Waals surface area contributed by atoms with Gasteiger partial charge in [0.2, 0.25) is 0 Å². The van der Waals surface area contributed by atoms with Crippen LogP contribution < -0.4 is 16.5 Å². The molecule has 72 valence electrons. The third-order valence-electron chi connectivity index (χ3n) is 1.57. The third-order valence-corrected chi connectivity index (χ3v) is 1.57. The van der Waals surface area contributed by atoms with Gasteiger partial charge in [-0.05, 0) is 6.08 Å². The predicted octanol–water partition coefficient (Wildman–Crippen LogP) is -1.41. The molecular weight excluding hydrogens is 172 g/mol. The standard InChI is InChI=1S/C7H12N4O2/c8-9-6-10-13-11(12)7-4-2-1-3-5-7/h1-4,6-7,11H,5,8H2,(H,9,10). The summed E-state index contributed by atoms with van der Waals surface area (Å²) >= 11 is 0. The number of nitrogens with two attached hydrogens (primary N) is 1. The molecule has 0 heterocycles. The number of quaternary nitrogens is 1. The molecule has 0 aromatic carbocycles. The Labute approximate surface area is 75.8 Å². The largest absolute Gasteiger partial charge is 0.597 e. The highest BCUT2D eigenvalue weighted by molar-refractivity contribution is 5.51. The molecule has 2 atom stereocenters. The summed E-state index contributed by atoms with van der Waals surface area (Å²) in [6.07, 6.45) is 9.15. The highest BCUT2D eigenvalue weighted by atomic mass is 17.0. The van der Waals surface area contributed by atoms with Crippen molar-refractivity contribution in [1.29, 1.82) is 0 Å². The summed E-state index contributed by atoms with van der Waals surface area (Å²) in [6, 6.07) is -0.219. The molecule has 2 unspecified atom stereocenters. The van der Waals surface area contributed by atoms with E-state index in [-0.39, 0.29) is 11.3 Å². The van der Waals surface area contributed by atoms with Crippen LogP contribution in [-0.4, -0.2) is 12.4 Å². The molecular formula is C7H12N4O2. The van der Waals surface area contributed by atoms with Crippen molar-refractivity contribution in [3.05, 3.63) is 29.5 Å². The van der Waals surface area contributed by atoms with Crippen molar-refractivity contribution in [3.8, 4) is 0 Å². The summed E-state index contributed by atoms with van der Waals surface area (Å²) in [5.41, 5.74) is 2.21. The molecule has 0 aliphatic heterocycles. The summed E-state index contributed by atoms with van der Waals surface area (Å²) in [6.45, 7) is 0. The van der Waals surface area contributed by atoms with Gasteiger partial charge in [-0.2, -0.15) is 10.3 Å². The van der Waals surface area contributed by atoms with Gasteiger partial charge >= 0.3 is 0 Å². The first-order valence-corrected chi connectivity index (χ1v) is 3.86. The van der Waals surface area contributed by atoms with Gasteiger partial charge in [-0.25, -0.2) is 5.48 Å². The lowest BCUT2D eigenvalue weighted by Crippen LogP contribution is -3.11.